The van der Waals surface area contributed by atoms with Crippen molar-refractivity contribution in [3.8, 4) is 11.5 Å². The maximum atomic E-state index is 12.4. The first kappa shape index (κ1) is 19.7. The zero-order chi connectivity index (χ0) is 19.9. The number of hydrogen-bond donors (Lipinski definition) is 1. The van der Waals surface area contributed by atoms with E-state index in [1.54, 1.807) is 17.0 Å². The highest BCUT2D eigenvalue weighted by molar-refractivity contribution is 5.97. The molecule has 1 fully saturated rings. The van der Waals surface area contributed by atoms with Gasteiger partial charge in [-0.1, -0.05) is 6.07 Å². The first-order valence-electron chi connectivity index (χ1n) is 9.69. The third kappa shape index (κ3) is 4.63. The molecule has 1 aliphatic rings. The number of benzene rings is 2. The molecule has 0 spiro atoms. The largest absolute Gasteiger partial charge is 0.490 e. The minimum atomic E-state index is -0.161. The van der Waals surface area contributed by atoms with E-state index in [2.05, 4.69) is 5.32 Å². The van der Waals surface area contributed by atoms with Crippen LogP contribution < -0.4 is 19.7 Å². The Morgan fingerprint density at radius 2 is 1.75 bits per heavy atom. The maximum absolute atomic E-state index is 12.4. The molecule has 2 aromatic carbocycles. The minimum absolute atomic E-state index is 0.137. The molecule has 28 heavy (non-hydrogen) atoms. The molecule has 0 bridgehead atoms. The van der Waals surface area contributed by atoms with Gasteiger partial charge in [0.2, 0.25) is 5.91 Å². The number of ether oxygens (including phenoxy) is 2. The summed E-state index contributed by atoms with van der Waals surface area (Å²) in [5, 5.41) is 2.92. The summed E-state index contributed by atoms with van der Waals surface area (Å²) in [5.41, 5.74) is 2.33. The fourth-order valence-corrected chi connectivity index (χ4v) is 3.20. The summed E-state index contributed by atoms with van der Waals surface area (Å²) in [7, 11) is 0. The fourth-order valence-electron chi connectivity index (χ4n) is 3.20. The van der Waals surface area contributed by atoms with Crippen LogP contribution in [-0.4, -0.2) is 31.6 Å². The van der Waals surface area contributed by atoms with Gasteiger partial charge in [0.05, 0.1) is 13.2 Å². The van der Waals surface area contributed by atoms with Crippen molar-refractivity contribution in [1.29, 1.82) is 0 Å². The number of nitrogens with zero attached hydrogens (tertiary/aromatic N) is 1. The summed E-state index contributed by atoms with van der Waals surface area (Å²) in [5.74, 6) is 1.35. The molecule has 3 rings (SSSR count). The lowest BCUT2D eigenvalue weighted by molar-refractivity contribution is -0.117. The lowest BCUT2D eigenvalue weighted by atomic mass is 10.1. The molecule has 2 aromatic rings. The van der Waals surface area contributed by atoms with E-state index in [9.17, 15) is 9.59 Å². The van der Waals surface area contributed by atoms with Gasteiger partial charge in [0.15, 0.2) is 11.5 Å². The quantitative estimate of drug-likeness (QED) is 0.758. The normalized spacial score (nSPS) is 13.5. The lowest BCUT2D eigenvalue weighted by Gasteiger charge is -2.16. The Kier molecular flexibility index (Phi) is 6.53. The van der Waals surface area contributed by atoms with Crippen LogP contribution in [0.25, 0.3) is 0 Å². The van der Waals surface area contributed by atoms with E-state index < -0.39 is 0 Å². The minimum Gasteiger partial charge on any atom is -0.490 e. The van der Waals surface area contributed by atoms with Crippen molar-refractivity contribution in [2.45, 2.75) is 33.2 Å². The van der Waals surface area contributed by atoms with Crippen LogP contribution in [0.1, 0.15) is 42.6 Å². The van der Waals surface area contributed by atoms with E-state index in [0.717, 1.165) is 24.2 Å². The van der Waals surface area contributed by atoms with Crippen LogP contribution in [0.5, 0.6) is 11.5 Å². The van der Waals surface area contributed by atoms with E-state index in [1.165, 1.54) is 0 Å². The van der Waals surface area contributed by atoms with E-state index in [4.69, 9.17) is 9.47 Å². The number of carbonyl (C=O) groups excluding carboxylic acids is 2. The first-order valence-corrected chi connectivity index (χ1v) is 9.69. The number of rotatable bonds is 8. The molecule has 2 amide bonds. The SMILES string of the molecule is CCOc1ccc(CNC(=O)c2ccc(N3CCCC3=O)cc2)cc1OCC. The highest BCUT2D eigenvalue weighted by Gasteiger charge is 2.21. The molecule has 0 aromatic heterocycles. The van der Waals surface area contributed by atoms with Crippen molar-refractivity contribution in [2.24, 2.45) is 0 Å². The number of anilines is 1. The van der Waals surface area contributed by atoms with Gasteiger partial charge in [0, 0.05) is 30.8 Å². The molecule has 0 unspecified atom stereocenters. The lowest BCUT2D eigenvalue weighted by Crippen LogP contribution is -2.25. The summed E-state index contributed by atoms with van der Waals surface area (Å²) in [4.78, 5) is 26.0. The smallest absolute Gasteiger partial charge is 0.251 e. The van der Waals surface area contributed by atoms with Crippen molar-refractivity contribution in [3.63, 3.8) is 0 Å². The number of nitrogens with one attached hydrogen (secondary N) is 1. The maximum Gasteiger partial charge on any atom is 0.251 e. The predicted octanol–water partition coefficient (Wildman–Crippen LogP) is 3.54. The summed E-state index contributed by atoms with van der Waals surface area (Å²) >= 11 is 0. The van der Waals surface area contributed by atoms with Gasteiger partial charge in [-0.2, -0.15) is 0 Å². The predicted molar refractivity (Wildman–Crippen MR) is 108 cm³/mol. The van der Waals surface area contributed by atoms with Gasteiger partial charge >= 0.3 is 0 Å². The number of hydrogen-bond acceptors (Lipinski definition) is 4. The first-order chi connectivity index (χ1) is 13.6. The highest BCUT2D eigenvalue weighted by atomic mass is 16.5. The molecular weight excluding hydrogens is 356 g/mol. The third-order valence-electron chi connectivity index (χ3n) is 4.58. The zero-order valence-corrected chi connectivity index (χ0v) is 16.4. The molecule has 1 N–H and O–H groups in total. The second-order valence-corrected chi connectivity index (χ2v) is 6.53. The molecule has 0 aliphatic carbocycles. The molecule has 148 valence electrons. The van der Waals surface area contributed by atoms with E-state index in [1.807, 2.05) is 44.2 Å². The van der Waals surface area contributed by atoms with Gasteiger partial charge in [0.1, 0.15) is 0 Å². The van der Waals surface area contributed by atoms with Crippen molar-refractivity contribution in [3.05, 3.63) is 53.6 Å². The topological polar surface area (TPSA) is 67.9 Å². The Morgan fingerprint density at radius 3 is 2.39 bits per heavy atom. The van der Waals surface area contributed by atoms with Crippen molar-refractivity contribution >= 4 is 17.5 Å². The standard InChI is InChI=1S/C22H26N2O4/c1-3-27-19-12-7-16(14-20(19)28-4-2)15-23-22(26)17-8-10-18(11-9-17)24-13-5-6-21(24)25/h7-12,14H,3-6,13,15H2,1-2H3,(H,23,26). The number of amides is 2. The second-order valence-electron chi connectivity index (χ2n) is 6.53. The Labute approximate surface area is 165 Å². The Bertz CT molecular complexity index is 833. The van der Waals surface area contributed by atoms with Crippen LogP contribution in [0.3, 0.4) is 0 Å². The molecule has 1 aliphatic heterocycles. The van der Waals surface area contributed by atoms with Crippen LogP contribution in [0.2, 0.25) is 0 Å². The van der Waals surface area contributed by atoms with Gasteiger partial charge in [-0.05, 0) is 62.2 Å². The molecule has 0 atom stereocenters. The highest BCUT2D eigenvalue weighted by Crippen LogP contribution is 2.28. The average Bonchev–Trinajstić information content (AvgIpc) is 3.14. The van der Waals surface area contributed by atoms with Crippen LogP contribution >= 0.6 is 0 Å². The van der Waals surface area contributed by atoms with Crippen LogP contribution in [-0.2, 0) is 11.3 Å². The average molecular weight is 382 g/mol. The van der Waals surface area contributed by atoms with Crippen LogP contribution in [0, 0.1) is 0 Å². The third-order valence-corrected chi connectivity index (χ3v) is 4.58. The zero-order valence-electron chi connectivity index (χ0n) is 16.4. The van der Waals surface area contributed by atoms with Gasteiger partial charge in [0.25, 0.3) is 5.91 Å². The number of carbonyl (C=O) groups is 2. The molecule has 0 saturated carbocycles. The molecule has 6 heteroatoms. The summed E-state index contributed by atoms with van der Waals surface area (Å²) < 4.78 is 11.2. The summed E-state index contributed by atoms with van der Waals surface area (Å²) in [6.07, 6.45) is 1.47. The van der Waals surface area contributed by atoms with Gasteiger partial charge in [-0.15, -0.1) is 0 Å². The summed E-state index contributed by atoms with van der Waals surface area (Å²) in [6, 6.07) is 12.8. The van der Waals surface area contributed by atoms with Gasteiger partial charge in [-0.25, -0.2) is 0 Å². The summed E-state index contributed by atoms with van der Waals surface area (Å²) in [6.45, 7) is 6.08. The fraction of sp³-hybridized carbons (Fsp3) is 0.364. The molecule has 0 radical (unpaired) electrons. The van der Waals surface area contributed by atoms with Gasteiger partial charge in [-0.3, -0.25) is 9.59 Å². The monoisotopic (exact) mass is 382 g/mol. The Balaban J connectivity index is 1.62. The Hall–Kier alpha value is -3.02. The van der Waals surface area contributed by atoms with Gasteiger partial charge < -0.3 is 19.7 Å². The molecule has 6 nitrogen and oxygen atoms in total. The van der Waals surface area contributed by atoms with Crippen molar-refractivity contribution in [2.75, 3.05) is 24.7 Å². The van der Waals surface area contributed by atoms with E-state index >= 15 is 0 Å². The van der Waals surface area contributed by atoms with Crippen molar-refractivity contribution in [1.82, 2.24) is 5.32 Å². The second kappa shape index (κ2) is 9.26. The van der Waals surface area contributed by atoms with Crippen molar-refractivity contribution < 1.29 is 19.1 Å². The molecule has 1 heterocycles. The van der Waals surface area contributed by atoms with E-state index in [0.29, 0.717) is 43.2 Å². The Morgan fingerprint density at radius 1 is 1.04 bits per heavy atom. The molecule has 1 saturated heterocycles. The van der Waals surface area contributed by atoms with Crippen LogP contribution in [0.15, 0.2) is 42.5 Å². The van der Waals surface area contributed by atoms with Crippen LogP contribution in [0.4, 0.5) is 5.69 Å². The van der Waals surface area contributed by atoms with E-state index in [-0.39, 0.29) is 11.8 Å². The molecular formula is C22H26N2O4.